The minimum atomic E-state index is -0.431. The lowest BCUT2D eigenvalue weighted by molar-refractivity contribution is -0.119. The molecule has 0 aromatic heterocycles. The second-order valence-corrected chi connectivity index (χ2v) is 3.88. The van der Waals surface area contributed by atoms with E-state index in [9.17, 15) is 9.59 Å². The minimum Gasteiger partial charge on any atom is -0.358 e. The number of hydrogen-bond donors (Lipinski definition) is 3. The fourth-order valence-corrected chi connectivity index (χ4v) is 1.41. The van der Waals surface area contributed by atoms with E-state index >= 15 is 0 Å². The summed E-state index contributed by atoms with van der Waals surface area (Å²) in [6.07, 6.45) is 0. The number of benzene rings is 1. The maximum atomic E-state index is 11.4. The number of halogens is 1. The lowest BCUT2D eigenvalue weighted by Gasteiger charge is -2.09. The van der Waals surface area contributed by atoms with Gasteiger partial charge in [0.2, 0.25) is 5.91 Å². The Labute approximate surface area is 105 Å². The second kappa shape index (κ2) is 6.10. The van der Waals surface area contributed by atoms with E-state index in [1.54, 1.807) is 18.2 Å². The van der Waals surface area contributed by atoms with E-state index in [0.29, 0.717) is 10.7 Å². The van der Waals surface area contributed by atoms with E-state index in [0.717, 1.165) is 5.56 Å². The number of amides is 3. The van der Waals surface area contributed by atoms with Crippen molar-refractivity contribution in [2.24, 2.45) is 0 Å². The predicted molar refractivity (Wildman–Crippen MR) is 67.3 cm³/mol. The molecular formula is C11H14ClN3O2. The first-order chi connectivity index (χ1) is 8.02. The fourth-order valence-electron chi connectivity index (χ4n) is 1.18. The molecule has 0 bridgehead atoms. The summed E-state index contributed by atoms with van der Waals surface area (Å²) in [5.41, 5.74) is 1.51. The molecule has 6 heteroatoms. The Kier molecular flexibility index (Phi) is 4.78. The van der Waals surface area contributed by atoms with Crippen LogP contribution in [0, 0.1) is 6.92 Å². The molecule has 0 saturated heterocycles. The molecular weight excluding hydrogens is 242 g/mol. The normalized spacial score (nSPS) is 9.59. The standard InChI is InChI=1S/C11H14ClN3O2/c1-7-5-8(12)3-4-9(7)15-11(17)14-6-10(16)13-2/h3-5H,6H2,1-2H3,(H,13,16)(H2,14,15,17). The van der Waals surface area contributed by atoms with Crippen LogP contribution in [-0.4, -0.2) is 25.5 Å². The summed E-state index contributed by atoms with van der Waals surface area (Å²) in [4.78, 5) is 22.3. The number of carbonyl (C=O) groups is 2. The van der Waals surface area contributed by atoms with Crippen LogP contribution in [0.1, 0.15) is 5.56 Å². The minimum absolute atomic E-state index is 0.0605. The molecule has 17 heavy (non-hydrogen) atoms. The van der Waals surface area contributed by atoms with E-state index in [2.05, 4.69) is 16.0 Å². The molecule has 92 valence electrons. The van der Waals surface area contributed by atoms with E-state index in [1.165, 1.54) is 7.05 Å². The van der Waals surface area contributed by atoms with Gasteiger partial charge in [0.1, 0.15) is 0 Å². The Hall–Kier alpha value is -1.75. The van der Waals surface area contributed by atoms with Crippen molar-refractivity contribution >= 4 is 29.2 Å². The lowest BCUT2D eigenvalue weighted by Crippen LogP contribution is -2.37. The molecule has 3 amide bonds. The number of nitrogens with one attached hydrogen (secondary N) is 3. The van der Waals surface area contributed by atoms with Crippen molar-refractivity contribution in [3.63, 3.8) is 0 Å². The largest absolute Gasteiger partial charge is 0.358 e. The monoisotopic (exact) mass is 255 g/mol. The van der Waals surface area contributed by atoms with Gasteiger partial charge in [-0.05, 0) is 30.7 Å². The molecule has 0 radical (unpaired) electrons. The Morgan fingerprint density at radius 1 is 1.35 bits per heavy atom. The second-order valence-electron chi connectivity index (χ2n) is 3.44. The van der Waals surface area contributed by atoms with Crippen molar-refractivity contribution in [1.82, 2.24) is 10.6 Å². The van der Waals surface area contributed by atoms with Crippen molar-refractivity contribution in [2.45, 2.75) is 6.92 Å². The van der Waals surface area contributed by atoms with Crippen LogP contribution >= 0.6 is 11.6 Å². The maximum Gasteiger partial charge on any atom is 0.319 e. The van der Waals surface area contributed by atoms with Crippen molar-refractivity contribution < 1.29 is 9.59 Å². The van der Waals surface area contributed by atoms with Crippen LogP contribution in [-0.2, 0) is 4.79 Å². The summed E-state index contributed by atoms with van der Waals surface area (Å²) in [5.74, 6) is -0.257. The number of anilines is 1. The number of carbonyl (C=O) groups excluding carboxylic acids is 2. The topological polar surface area (TPSA) is 70.2 Å². The van der Waals surface area contributed by atoms with Crippen molar-refractivity contribution in [2.75, 3.05) is 18.9 Å². The van der Waals surface area contributed by atoms with Gasteiger partial charge in [0.05, 0.1) is 6.54 Å². The average Bonchev–Trinajstić information content (AvgIpc) is 2.29. The molecule has 1 aromatic carbocycles. The van der Waals surface area contributed by atoms with E-state index in [-0.39, 0.29) is 12.5 Å². The van der Waals surface area contributed by atoms with Crippen LogP contribution < -0.4 is 16.0 Å². The Morgan fingerprint density at radius 3 is 2.65 bits per heavy atom. The zero-order valence-electron chi connectivity index (χ0n) is 9.63. The van der Waals surface area contributed by atoms with Gasteiger partial charge in [-0.3, -0.25) is 4.79 Å². The van der Waals surface area contributed by atoms with Gasteiger partial charge in [0.25, 0.3) is 0 Å². The van der Waals surface area contributed by atoms with Crippen LogP contribution in [0.5, 0.6) is 0 Å². The van der Waals surface area contributed by atoms with Gasteiger partial charge in [-0.15, -0.1) is 0 Å². The molecule has 1 aromatic rings. The molecule has 0 saturated carbocycles. The molecule has 0 aliphatic carbocycles. The Morgan fingerprint density at radius 2 is 2.06 bits per heavy atom. The first-order valence-corrected chi connectivity index (χ1v) is 5.42. The van der Waals surface area contributed by atoms with Gasteiger partial charge >= 0.3 is 6.03 Å². The van der Waals surface area contributed by atoms with Gasteiger partial charge in [-0.25, -0.2) is 4.79 Å². The van der Waals surface area contributed by atoms with E-state index in [4.69, 9.17) is 11.6 Å². The molecule has 0 unspecified atom stereocenters. The Balaban J connectivity index is 2.53. The first kappa shape index (κ1) is 13.3. The summed E-state index contributed by atoms with van der Waals surface area (Å²) in [5, 5.41) is 8.07. The number of hydrogen-bond acceptors (Lipinski definition) is 2. The van der Waals surface area contributed by atoms with Crippen LogP contribution in [0.25, 0.3) is 0 Å². The lowest BCUT2D eigenvalue weighted by atomic mass is 10.2. The molecule has 0 spiro atoms. The third-order valence-electron chi connectivity index (χ3n) is 2.12. The van der Waals surface area contributed by atoms with Crippen LogP contribution in [0.3, 0.4) is 0 Å². The highest BCUT2D eigenvalue weighted by Crippen LogP contribution is 2.19. The molecule has 5 nitrogen and oxygen atoms in total. The zero-order valence-corrected chi connectivity index (χ0v) is 10.4. The number of aryl methyl sites for hydroxylation is 1. The highest BCUT2D eigenvalue weighted by molar-refractivity contribution is 6.30. The summed E-state index contributed by atoms with van der Waals surface area (Å²) in [7, 11) is 1.51. The van der Waals surface area contributed by atoms with E-state index < -0.39 is 6.03 Å². The quantitative estimate of drug-likeness (QED) is 0.766. The van der Waals surface area contributed by atoms with Gasteiger partial charge in [-0.1, -0.05) is 11.6 Å². The molecule has 0 heterocycles. The van der Waals surface area contributed by atoms with Crippen molar-refractivity contribution in [1.29, 1.82) is 0 Å². The number of urea groups is 1. The molecule has 1 rings (SSSR count). The molecule has 0 atom stereocenters. The van der Waals surface area contributed by atoms with Crippen LogP contribution in [0.2, 0.25) is 5.02 Å². The number of likely N-dealkylation sites (N-methyl/N-ethyl adjacent to an activating group) is 1. The van der Waals surface area contributed by atoms with Gasteiger partial charge in [-0.2, -0.15) is 0 Å². The summed E-state index contributed by atoms with van der Waals surface area (Å²) in [6, 6.07) is 4.70. The highest BCUT2D eigenvalue weighted by Gasteiger charge is 2.05. The molecule has 0 aliphatic rings. The Bertz CT molecular complexity index is 435. The van der Waals surface area contributed by atoms with Gasteiger partial charge in [0, 0.05) is 17.8 Å². The highest BCUT2D eigenvalue weighted by atomic mass is 35.5. The van der Waals surface area contributed by atoms with Gasteiger partial charge in [0.15, 0.2) is 0 Å². The van der Waals surface area contributed by atoms with E-state index in [1.807, 2.05) is 6.92 Å². The predicted octanol–water partition coefficient (Wildman–Crippen LogP) is 1.52. The van der Waals surface area contributed by atoms with Crippen LogP contribution in [0.4, 0.5) is 10.5 Å². The first-order valence-electron chi connectivity index (χ1n) is 5.04. The molecule has 0 fully saturated rings. The summed E-state index contributed by atoms with van der Waals surface area (Å²) < 4.78 is 0. The fraction of sp³-hybridized carbons (Fsp3) is 0.273. The van der Waals surface area contributed by atoms with Crippen molar-refractivity contribution in [3.05, 3.63) is 28.8 Å². The molecule has 3 N–H and O–H groups in total. The zero-order chi connectivity index (χ0) is 12.8. The average molecular weight is 256 g/mol. The smallest absolute Gasteiger partial charge is 0.319 e. The third-order valence-corrected chi connectivity index (χ3v) is 2.36. The summed E-state index contributed by atoms with van der Waals surface area (Å²) in [6.45, 7) is 1.77. The van der Waals surface area contributed by atoms with Crippen LogP contribution in [0.15, 0.2) is 18.2 Å². The molecule has 0 aliphatic heterocycles. The number of rotatable bonds is 3. The van der Waals surface area contributed by atoms with Gasteiger partial charge < -0.3 is 16.0 Å². The maximum absolute atomic E-state index is 11.4. The SMILES string of the molecule is CNC(=O)CNC(=O)Nc1ccc(Cl)cc1C. The third kappa shape index (κ3) is 4.32. The summed E-state index contributed by atoms with van der Waals surface area (Å²) >= 11 is 5.79. The van der Waals surface area contributed by atoms with Crippen molar-refractivity contribution in [3.8, 4) is 0 Å².